The molecule has 1 aromatic rings. The summed E-state index contributed by atoms with van der Waals surface area (Å²) in [6, 6.07) is 4.10. The lowest BCUT2D eigenvalue weighted by molar-refractivity contribution is -0.135. The Bertz CT molecular complexity index is 694. The van der Waals surface area contributed by atoms with E-state index < -0.39 is 11.9 Å². The minimum absolute atomic E-state index is 0.197. The maximum Gasteiger partial charge on any atom is 0.330 e. The Balaban J connectivity index is 2.60. The van der Waals surface area contributed by atoms with Crippen molar-refractivity contribution in [3.63, 3.8) is 0 Å². The third-order valence-corrected chi connectivity index (χ3v) is 4.40. The summed E-state index contributed by atoms with van der Waals surface area (Å²) >= 11 is 0. The van der Waals surface area contributed by atoms with E-state index in [0.717, 1.165) is 22.3 Å². The summed E-state index contributed by atoms with van der Waals surface area (Å²) in [7, 11) is 2.67. The molecule has 5 heteroatoms. The SMILES string of the molecule is COC(=O)/C=C/c1cc2c(cc1/C=C/C(=O)OC)C(C)(C)NC2(C)C. The largest absolute Gasteiger partial charge is 0.466 e. The second kappa shape index (κ2) is 6.84. The molecule has 0 atom stereocenters. The molecule has 1 N–H and O–H groups in total. The van der Waals surface area contributed by atoms with Crippen molar-refractivity contribution in [3.05, 3.63) is 46.5 Å². The topological polar surface area (TPSA) is 64.6 Å². The summed E-state index contributed by atoms with van der Waals surface area (Å²) < 4.78 is 9.33. The van der Waals surface area contributed by atoms with E-state index in [4.69, 9.17) is 0 Å². The number of carbonyl (C=O) groups is 2. The van der Waals surface area contributed by atoms with E-state index in [9.17, 15) is 9.59 Å². The Morgan fingerprint density at radius 1 is 0.840 bits per heavy atom. The maximum absolute atomic E-state index is 11.5. The molecule has 0 amide bonds. The van der Waals surface area contributed by atoms with Gasteiger partial charge in [0.1, 0.15) is 0 Å². The zero-order chi connectivity index (χ0) is 18.8. The molecule has 1 aromatic carbocycles. The van der Waals surface area contributed by atoms with Crippen LogP contribution in [-0.2, 0) is 30.1 Å². The summed E-state index contributed by atoms with van der Waals surface area (Å²) in [5, 5.41) is 3.61. The highest BCUT2D eigenvalue weighted by Crippen LogP contribution is 2.42. The molecule has 0 fully saturated rings. The Kier molecular flexibility index (Phi) is 5.18. The zero-order valence-electron chi connectivity index (χ0n) is 15.6. The van der Waals surface area contributed by atoms with Crippen molar-refractivity contribution < 1.29 is 19.1 Å². The van der Waals surface area contributed by atoms with Crippen LogP contribution in [-0.4, -0.2) is 26.2 Å². The van der Waals surface area contributed by atoms with Crippen LogP contribution < -0.4 is 5.32 Å². The molecule has 0 saturated carbocycles. The van der Waals surface area contributed by atoms with E-state index >= 15 is 0 Å². The molecule has 1 aliphatic rings. The number of nitrogens with one attached hydrogen (secondary N) is 1. The van der Waals surface area contributed by atoms with Crippen molar-refractivity contribution in [2.75, 3.05) is 14.2 Å². The summed E-state index contributed by atoms with van der Waals surface area (Å²) in [6.45, 7) is 8.49. The molecule has 0 saturated heterocycles. The molecule has 134 valence electrons. The van der Waals surface area contributed by atoms with Gasteiger partial charge in [0.05, 0.1) is 14.2 Å². The smallest absolute Gasteiger partial charge is 0.330 e. The van der Waals surface area contributed by atoms with Gasteiger partial charge in [-0.1, -0.05) is 0 Å². The molecule has 25 heavy (non-hydrogen) atoms. The highest BCUT2D eigenvalue weighted by molar-refractivity contribution is 5.90. The zero-order valence-corrected chi connectivity index (χ0v) is 15.6. The fraction of sp³-hybridized carbons (Fsp3) is 0.400. The molecule has 0 aromatic heterocycles. The first kappa shape index (κ1) is 18.9. The second-order valence-corrected chi connectivity index (χ2v) is 7.11. The molecular weight excluding hydrogens is 318 g/mol. The predicted molar refractivity (Wildman–Crippen MR) is 97.7 cm³/mol. The van der Waals surface area contributed by atoms with Crippen LogP contribution in [0.1, 0.15) is 49.9 Å². The second-order valence-electron chi connectivity index (χ2n) is 7.11. The molecule has 0 spiro atoms. The summed E-state index contributed by atoms with van der Waals surface area (Å²) in [6.07, 6.45) is 6.14. The third kappa shape index (κ3) is 3.99. The number of methoxy groups -OCH3 is 2. The first-order valence-corrected chi connectivity index (χ1v) is 8.11. The van der Waals surface area contributed by atoms with Crippen LogP contribution in [0, 0.1) is 0 Å². The van der Waals surface area contributed by atoms with Crippen LogP contribution in [0.3, 0.4) is 0 Å². The van der Waals surface area contributed by atoms with Gasteiger partial charge in [-0.15, -0.1) is 0 Å². The molecule has 1 heterocycles. The molecule has 5 nitrogen and oxygen atoms in total. The Labute approximate surface area is 148 Å². The number of hydrogen-bond acceptors (Lipinski definition) is 5. The van der Waals surface area contributed by atoms with Crippen molar-refractivity contribution in [3.8, 4) is 0 Å². The Morgan fingerprint density at radius 2 is 1.20 bits per heavy atom. The number of carbonyl (C=O) groups excluding carboxylic acids is 2. The third-order valence-electron chi connectivity index (χ3n) is 4.40. The molecule has 0 radical (unpaired) electrons. The number of benzene rings is 1. The number of fused-ring (bicyclic) bond motifs is 1. The minimum Gasteiger partial charge on any atom is -0.466 e. The van der Waals surface area contributed by atoms with Gasteiger partial charge < -0.3 is 9.47 Å². The quantitative estimate of drug-likeness (QED) is 0.672. The highest BCUT2D eigenvalue weighted by Gasteiger charge is 2.41. The fourth-order valence-corrected chi connectivity index (χ4v) is 3.32. The summed E-state index contributed by atoms with van der Waals surface area (Å²) in [5.74, 6) is -0.859. The van der Waals surface area contributed by atoms with Crippen molar-refractivity contribution in [2.24, 2.45) is 0 Å². The van der Waals surface area contributed by atoms with Gasteiger partial charge in [-0.2, -0.15) is 0 Å². The van der Waals surface area contributed by atoms with Gasteiger partial charge in [0, 0.05) is 23.2 Å². The lowest BCUT2D eigenvalue weighted by atomic mass is 9.86. The number of rotatable bonds is 4. The van der Waals surface area contributed by atoms with Gasteiger partial charge in [0.25, 0.3) is 0 Å². The van der Waals surface area contributed by atoms with Crippen molar-refractivity contribution in [2.45, 2.75) is 38.8 Å². The lowest BCUT2D eigenvalue weighted by Gasteiger charge is -2.25. The van der Waals surface area contributed by atoms with Gasteiger partial charge in [-0.25, -0.2) is 9.59 Å². The van der Waals surface area contributed by atoms with E-state index in [1.54, 1.807) is 12.2 Å². The van der Waals surface area contributed by atoms with E-state index in [1.807, 2.05) is 12.1 Å². The van der Waals surface area contributed by atoms with E-state index in [1.165, 1.54) is 26.4 Å². The summed E-state index contributed by atoms with van der Waals surface area (Å²) in [4.78, 5) is 22.9. The van der Waals surface area contributed by atoms with Crippen molar-refractivity contribution >= 4 is 24.1 Å². The molecule has 0 unspecified atom stereocenters. The van der Waals surface area contributed by atoms with Gasteiger partial charge >= 0.3 is 11.9 Å². The average molecular weight is 343 g/mol. The normalized spacial score (nSPS) is 17.7. The summed E-state index contributed by atoms with van der Waals surface area (Å²) in [5.41, 5.74) is 3.59. The van der Waals surface area contributed by atoms with Gasteiger partial charge in [-0.05, 0) is 74.2 Å². The van der Waals surface area contributed by atoms with E-state index in [2.05, 4.69) is 42.5 Å². The maximum atomic E-state index is 11.5. The van der Waals surface area contributed by atoms with Crippen LogP contribution >= 0.6 is 0 Å². The monoisotopic (exact) mass is 343 g/mol. The predicted octanol–water partition coefficient (Wildman–Crippen LogP) is 3.13. The number of esters is 2. The Hall–Kier alpha value is -2.40. The van der Waals surface area contributed by atoms with Crippen LogP contribution in [0.25, 0.3) is 12.2 Å². The average Bonchev–Trinajstić information content (AvgIpc) is 2.73. The molecule has 2 rings (SSSR count). The van der Waals surface area contributed by atoms with Crippen molar-refractivity contribution in [1.29, 1.82) is 0 Å². The van der Waals surface area contributed by atoms with Crippen LogP contribution in [0.15, 0.2) is 24.3 Å². The number of ether oxygens (including phenoxy) is 2. The first-order chi connectivity index (χ1) is 11.6. The standard InChI is InChI=1S/C20H25NO4/c1-19(2)15-11-13(7-9-17(22)24-5)14(8-10-18(23)25-6)12-16(15)20(3,4)21-19/h7-12,21H,1-6H3/b9-7+,10-8+. The van der Waals surface area contributed by atoms with Crippen LogP contribution in [0.2, 0.25) is 0 Å². The lowest BCUT2D eigenvalue weighted by Crippen LogP contribution is -2.39. The van der Waals surface area contributed by atoms with Crippen LogP contribution in [0.4, 0.5) is 0 Å². The number of hydrogen-bond donors (Lipinski definition) is 1. The molecule has 0 bridgehead atoms. The highest BCUT2D eigenvalue weighted by atomic mass is 16.5. The van der Waals surface area contributed by atoms with Crippen molar-refractivity contribution in [1.82, 2.24) is 5.32 Å². The minimum atomic E-state index is -0.430. The fourth-order valence-electron chi connectivity index (χ4n) is 3.32. The Morgan fingerprint density at radius 3 is 1.52 bits per heavy atom. The van der Waals surface area contributed by atoms with Gasteiger partial charge in [0.15, 0.2) is 0 Å². The first-order valence-electron chi connectivity index (χ1n) is 8.11. The van der Waals surface area contributed by atoms with Crippen LogP contribution in [0.5, 0.6) is 0 Å². The van der Waals surface area contributed by atoms with E-state index in [-0.39, 0.29) is 11.1 Å². The molecular formula is C20H25NO4. The molecule has 1 aliphatic heterocycles. The molecule has 0 aliphatic carbocycles. The van der Waals surface area contributed by atoms with E-state index in [0.29, 0.717) is 0 Å². The van der Waals surface area contributed by atoms with Gasteiger partial charge in [-0.3, -0.25) is 5.32 Å². The van der Waals surface area contributed by atoms with Gasteiger partial charge in [0.2, 0.25) is 0 Å².